The Kier molecular flexibility index (Phi) is 5.22. The van der Waals surface area contributed by atoms with Gasteiger partial charge in [0.15, 0.2) is 5.92 Å². The Balaban J connectivity index is 4.20. The van der Waals surface area contributed by atoms with Crippen molar-refractivity contribution in [3.05, 3.63) is 0 Å². The molecule has 2 atom stereocenters. The molecule has 8 heteroatoms. The Labute approximate surface area is 92.4 Å². The van der Waals surface area contributed by atoms with Crippen LogP contribution in [-0.4, -0.2) is 39.2 Å². The first-order valence-corrected chi connectivity index (χ1v) is 6.49. The molecule has 0 saturated carbocycles. The first-order valence-electron chi connectivity index (χ1n) is 4.43. The highest BCUT2D eigenvalue weighted by atomic mass is 32.2. The standard InChI is InChI=1S/C8H13F3N2O2S/c1-6(5-16(2,14)15)13-4-7(3-12)8(9,10)11/h6-7,13H,4-5H2,1-2H3. The van der Waals surface area contributed by atoms with Crippen molar-refractivity contribution in [3.63, 3.8) is 0 Å². The molecule has 4 nitrogen and oxygen atoms in total. The number of alkyl halides is 3. The lowest BCUT2D eigenvalue weighted by molar-refractivity contribution is -0.157. The molecule has 0 aliphatic rings. The molecule has 0 fully saturated rings. The van der Waals surface area contributed by atoms with Gasteiger partial charge in [-0.05, 0) is 6.92 Å². The smallest absolute Gasteiger partial charge is 0.312 e. The average molecular weight is 258 g/mol. The van der Waals surface area contributed by atoms with Crippen LogP contribution in [0.2, 0.25) is 0 Å². The van der Waals surface area contributed by atoms with Gasteiger partial charge in [0.05, 0.1) is 11.8 Å². The molecule has 0 aromatic carbocycles. The summed E-state index contributed by atoms with van der Waals surface area (Å²) in [5.41, 5.74) is 0. The Morgan fingerprint density at radius 2 is 1.94 bits per heavy atom. The summed E-state index contributed by atoms with van der Waals surface area (Å²) >= 11 is 0. The molecule has 0 rings (SSSR count). The molecule has 0 amide bonds. The van der Waals surface area contributed by atoms with Crippen molar-refractivity contribution in [3.8, 4) is 6.07 Å². The minimum absolute atomic E-state index is 0.261. The van der Waals surface area contributed by atoms with Crippen LogP contribution >= 0.6 is 0 Å². The molecule has 0 spiro atoms. The number of nitrogens with zero attached hydrogens (tertiary/aromatic N) is 1. The van der Waals surface area contributed by atoms with Gasteiger partial charge in [-0.2, -0.15) is 18.4 Å². The van der Waals surface area contributed by atoms with Gasteiger partial charge in [0.25, 0.3) is 0 Å². The molecule has 16 heavy (non-hydrogen) atoms. The van der Waals surface area contributed by atoms with Gasteiger partial charge in [0.2, 0.25) is 0 Å². The highest BCUT2D eigenvalue weighted by molar-refractivity contribution is 7.90. The van der Waals surface area contributed by atoms with Crippen molar-refractivity contribution < 1.29 is 21.6 Å². The fraction of sp³-hybridized carbons (Fsp3) is 0.875. The quantitative estimate of drug-likeness (QED) is 0.788. The summed E-state index contributed by atoms with van der Waals surface area (Å²) in [6, 6.07) is 0.506. The van der Waals surface area contributed by atoms with E-state index in [9.17, 15) is 21.6 Å². The summed E-state index contributed by atoms with van der Waals surface area (Å²) in [5.74, 6) is -2.38. The number of hydrogen-bond acceptors (Lipinski definition) is 4. The van der Waals surface area contributed by atoms with E-state index in [2.05, 4.69) is 5.32 Å². The van der Waals surface area contributed by atoms with Gasteiger partial charge in [0, 0.05) is 18.8 Å². The first kappa shape index (κ1) is 15.2. The normalized spacial score (nSPS) is 16.5. The van der Waals surface area contributed by atoms with Gasteiger partial charge >= 0.3 is 6.18 Å². The van der Waals surface area contributed by atoms with E-state index in [0.717, 1.165) is 12.3 Å². The van der Waals surface area contributed by atoms with Crippen LogP contribution in [0.3, 0.4) is 0 Å². The van der Waals surface area contributed by atoms with Crippen LogP contribution in [-0.2, 0) is 9.84 Å². The fourth-order valence-corrected chi connectivity index (χ4v) is 2.09. The van der Waals surface area contributed by atoms with E-state index in [-0.39, 0.29) is 5.75 Å². The highest BCUT2D eigenvalue weighted by Gasteiger charge is 2.39. The largest absolute Gasteiger partial charge is 0.405 e. The molecular weight excluding hydrogens is 245 g/mol. The zero-order chi connectivity index (χ0) is 13.0. The summed E-state index contributed by atoms with van der Waals surface area (Å²) in [7, 11) is -3.24. The molecule has 94 valence electrons. The topological polar surface area (TPSA) is 70.0 Å². The van der Waals surface area contributed by atoms with Crippen molar-refractivity contribution in [1.29, 1.82) is 5.26 Å². The number of nitrogens with one attached hydrogen (secondary N) is 1. The lowest BCUT2D eigenvalue weighted by Gasteiger charge is -2.17. The molecule has 2 unspecified atom stereocenters. The predicted molar refractivity (Wildman–Crippen MR) is 52.3 cm³/mol. The zero-order valence-electron chi connectivity index (χ0n) is 8.87. The van der Waals surface area contributed by atoms with Crippen LogP contribution in [0.4, 0.5) is 13.2 Å². The van der Waals surface area contributed by atoms with E-state index in [1.807, 2.05) is 0 Å². The molecule has 0 aromatic rings. The molecular formula is C8H13F3N2O2S. The maximum atomic E-state index is 12.1. The fourth-order valence-electron chi connectivity index (χ4n) is 1.07. The van der Waals surface area contributed by atoms with Gasteiger partial charge in [-0.15, -0.1) is 0 Å². The van der Waals surface area contributed by atoms with E-state index in [0.29, 0.717) is 0 Å². The van der Waals surface area contributed by atoms with Crippen molar-refractivity contribution in [2.45, 2.75) is 19.1 Å². The molecule has 0 saturated heterocycles. The third-order valence-corrected chi connectivity index (χ3v) is 2.88. The Hall–Kier alpha value is -0.810. The molecule has 0 aromatic heterocycles. The third-order valence-electron chi connectivity index (χ3n) is 1.77. The van der Waals surface area contributed by atoms with Gasteiger partial charge < -0.3 is 5.32 Å². The molecule has 0 bridgehead atoms. The predicted octanol–water partition coefficient (Wildman–Crippen LogP) is 0.711. The number of sulfone groups is 1. The zero-order valence-corrected chi connectivity index (χ0v) is 9.69. The number of nitriles is 1. The van der Waals surface area contributed by atoms with Crippen molar-refractivity contribution >= 4 is 9.84 Å². The second-order valence-electron chi connectivity index (χ2n) is 3.63. The van der Waals surface area contributed by atoms with Gasteiger partial charge in [-0.3, -0.25) is 0 Å². The summed E-state index contributed by atoms with van der Waals surface area (Å²) < 4.78 is 58.0. The van der Waals surface area contributed by atoms with Crippen LogP contribution in [0, 0.1) is 17.2 Å². The summed E-state index contributed by atoms with van der Waals surface area (Å²) in [4.78, 5) is 0. The van der Waals surface area contributed by atoms with E-state index >= 15 is 0 Å². The number of hydrogen-bond donors (Lipinski definition) is 1. The molecule has 1 N–H and O–H groups in total. The first-order chi connectivity index (χ1) is 7.06. The summed E-state index contributed by atoms with van der Waals surface area (Å²) in [6.45, 7) is 0.850. The van der Waals surface area contributed by atoms with E-state index < -0.39 is 34.5 Å². The minimum atomic E-state index is -4.59. The molecule has 0 aliphatic heterocycles. The van der Waals surface area contributed by atoms with E-state index in [4.69, 9.17) is 5.26 Å². The second kappa shape index (κ2) is 5.50. The van der Waals surface area contributed by atoms with Crippen molar-refractivity contribution in [2.24, 2.45) is 5.92 Å². The second-order valence-corrected chi connectivity index (χ2v) is 5.81. The minimum Gasteiger partial charge on any atom is -0.312 e. The monoisotopic (exact) mass is 258 g/mol. The maximum absolute atomic E-state index is 12.1. The molecule has 0 aliphatic carbocycles. The number of halogens is 3. The Morgan fingerprint density at radius 1 is 1.44 bits per heavy atom. The number of rotatable bonds is 5. The third kappa shape index (κ3) is 6.63. The Morgan fingerprint density at radius 3 is 2.25 bits per heavy atom. The van der Waals surface area contributed by atoms with Crippen molar-refractivity contribution in [2.75, 3.05) is 18.6 Å². The van der Waals surface area contributed by atoms with Crippen LogP contribution in [0.1, 0.15) is 6.92 Å². The van der Waals surface area contributed by atoms with Crippen LogP contribution in [0.15, 0.2) is 0 Å². The lowest BCUT2D eigenvalue weighted by Crippen LogP contribution is -2.39. The van der Waals surface area contributed by atoms with Crippen LogP contribution in [0.25, 0.3) is 0 Å². The van der Waals surface area contributed by atoms with Gasteiger partial charge in [0.1, 0.15) is 9.84 Å². The SMILES string of the molecule is CC(CS(C)(=O)=O)NCC(C#N)C(F)(F)F. The van der Waals surface area contributed by atoms with E-state index in [1.54, 1.807) is 0 Å². The summed E-state index contributed by atoms with van der Waals surface area (Å²) in [6.07, 6.45) is -3.59. The van der Waals surface area contributed by atoms with Crippen LogP contribution < -0.4 is 5.32 Å². The lowest BCUT2D eigenvalue weighted by atomic mass is 10.1. The van der Waals surface area contributed by atoms with Crippen LogP contribution in [0.5, 0.6) is 0 Å². The van der Waals surface area contributed by atoms with Gasteiger partial charge in [-0.1, -0.05) is 0 Å². The van der Waals surface area contributed by atoms with Crippen molar-refractivity contribution in [1.82, 2.24) is 5.32 Å². The Bertz CT molecular complexity index is 358. The molecule has 0 heterocycles. The molecule has 0 radical (unpaired) electrons. The maximum Gasteiger partial charge on any atom is 0.405 e. The van der Waals surface area contributed by atoms with E-state index in [1.165, 1.54) is 6.92 Å². The highest BCUT2D eigenvalue weighted by Crippen LogP contribution is 2.24. The average Bonchev–Trinajstić information content (AvgIpc) is 1.98. The van der Waals surface area contributed by atoms with Gasteiger partial charge in [-0.25, -0.2) is 8.42 Å². The summed E-state index contributed by atoms with van der Waals surface area (Å²) in [5, 5.41) is 10.7.